The van der Waals surface area contributed by atoms with Gasteiger partial charge in [0, 0.05) is 48.2 Å². The summed E-state index contributed by atoms with van der Waals surface area (Å²) in [7, 11) is 0. The second-order valence-electron chi connectivity index (χ2n) is 18.5. The first-order chi connectivity index (χ1) is 35.5. The van der Waals surface area contributed by atoms with Gasteiger partial charge in [-0.1, -0.05) is 45.9 Å². The molecule has 0 aliphatic carbocycles. The average molecular weight is 1030 g/mol. The van der Waals surface area contributed by atoms with Crippen molar-refractivity contribution in [3.63, 3.8) is 0 Å². The molecule has 4 aliphatic rings. The van der Waals surface area contributed by atoms with E-state index in [2.05, 4.69) is 16.0 Å². The normalized spacial score (nSPS) is 18.4. The third kappa shape index (κ3) is 11.8. The number of nitrogens with one attached hydrogen (secondary N) is 3. The first kappa shape index (κ1) is 54.4. The molecule has 0 spiro atoms. The Kier molecular flexibility index (Phi) is 17.7. The van der Waals surface area contributed by atoms with Crippen LogP contribution in [0.15, 0.2) is 47.3 Å². The molecule has 23 nitrogen and oxygen atoms in total. The molecule has 396 valence electrons. The van der Waals surface area contributed by atoms with Crippen molar-refractivity contribution >= 4 is 64.3 Å². The lowest BCUT2D eigenvalue weighted by molar-refractivity contribution is -0.191. The summed E-state index contributed by atoms with van der Waals surface area (Å²) >= 11 is 0. The molecule has 23 heteroatoms. The molecule has 6 heterocycles. The lowest BCUT2D eigenvalue weighted by Gasteiger charge is -2.37. The number of amides is 6. The Balaban J connectivity index is 0.905. The SMILES string of the molecule is CCc1c2c(nc3ccccc13)-c1cc3c(c(=O)n1C2)COC(=O)[C@@]3(CC)OC(=O)[C@@H](NC(=O)[C@@H]1CCCN1C(=O)[C@H](CC(=O)O)NC(=O)CCOCCOCCOCCNC(=O)CN1C(=O)C=CC1=O)C(C)C. The molecule has 2 aromatic heterocycles. The predicted molar refractivity (Wildman–Crippen MR) is 259 cm³/mol. The maximum Gasteiger partial charge on any atom is 0.355 e. The molecule has 4 aliphatic heterocycles. The lowest BCUT2D eigenvalue weighted by atomic mass is 9.85. The van der Waals surface area contributed by atoms with Crippen molar-refractivity contribution in [1.29, 1.82) is 0 Å². The number of ether oxygens (including phenoxy) is 5. The van der Waals surface area contributed by atoms with E-state index in [9.17, 15) is 53.1 Å². The van der Waals surface area contributed by atoms with Gasteiger partial charge in [-0.25, -0.2) is 14.6 Å². The van der Waals surface area contributed by atoms with Gasteiger partial charge >= 0.3 is 17.9 Å². The number of rotatable bonds is 25. The molecular formula is C51H61N7O16. The maximum absolute atomic E-state index is 14.3. The highest BCUT2D eigenvalue weighted by molar-refractivity contribution is 6.14. The number of likely N-dealkylation sites (tertiary alicyclic amines) is 1. The number of cyclic esters (lactones) is 1. The van der Waals surface area contributed by atoms with E-state index in [1.165, 1.54) is 4.90 Å². The van der Waals surface area contributed by atoms with Gasteiger partial charge in [0.25, 0.3) is 17.4 Å². The number of para-hydroxylation sites is 1. The van der Waals surface area contributed by atoms with Gasteiger partial charge in [-0.15, -0.1) is 0 Å². The van der Waals surface area contributed by atoms with Gasteiger partial charge in [-0.3, -0.25) is 43.3 Å². The number of nitrogens with zero attached hydrogens (tertiary/aromatic N) is 4. The maximum atomic E-state index is 14.3. The monoisotopic (exact) mass is 1030 g/mol. The third-order valence-electron chi connectivity index (χ3n) is 13.4. The van der Waals surface area contributed by atoms with Gasteiger partial charge in [0.15, 0.2) is 0 Å². The van der Waals surface area contributed by atoms with Crippen LogP contribution in [0.4, 0.5) is 0 Å². The minimum absolute atomic E-state index is 0.0582. The van der Waals surface area contributed by atoms with Crippen molar-refractivity contribution in [1.82, 2.24) is 35.3 Å². The Morgan fingerprint density at radius 2 is 1.58 bits per heavy atom. The average Bonchev–Trinajstić information content (AvgIpc) is 4.10. The number of carboxylic acid groups (broad SMARTS) is 1. The van der Waals surface area contributed by atoms with Crippen molar-refractivity contribution in [2.75, 3.05) is 59.3 Å². The Morgan fingerprint density at radius 3 is 2.26 bits per heavy atom. The summed E-state index contributed by atoms with van der Waals surface area (Å²) in [5.41, 5.74) is 1.57. The topological polar surface area (TPSA) is 297 Å². The van der Waals surface area contributed by atoms with Crippen molar-refractivity contribution < 1.29 is 71.9 Å². The number of carbonyl (C=O) groups excluding carboxylic acids is 8. The minimum atomic E-state index is -2.07. The Bertz CT molecular complexity index is 2790. The fraction of sp³-hybridized carbons (Fsp3) is 0.510. The number of carboxylic acids is 1. The number of aromatic nitrogens is 2. The number of esters is 2. The summed E-state index contributed by atoms with van der Waals surface area (Å²) < 4.78 is 29.5. The van der Waals surface area contributed by atoms with E-state index in [1.54, 1.807) is 31.4 Å². The molecule has 1 fully saturated rings. The first-order valence-electron chi connectivity index (χ1n) is 24.7. The number of hydrogen-bond acceptors (Lipinski definition) is 16. The van der Waals surface area contributed by atoms with Crippen LogP contribution < -0.4 is 21.5 Å². The molecule has 0 bridgehead atoms. The van der Waals surface area contributed by atoms with Gasteiger partial charge in [0.1, 0.15) is 31.3 Å². The van der Waals surface area contributed by atoms with Gasteiger partial charge in [-0.05, 0) is 49.3 Å². The van der Waals surface area contributed by atoms with Gasteiger partial charge in [-0.2, -0.15) is 0 Å². The number of imide groups is 1. The second-order valence-corrected chi connectivity index (χ2v) is 18.5. The zero-order valence-electron chi connectivity index (χ0n) is 41.7. The molecule has 6 amide bonds. The van der Waals surface area contributed by atoms with E-state index in [0.717, 1.165) is 39.1 Å². The van der Waals surface area contributed by atoms with Crippen LogP contribution in [0.3, 0.4) is 0 Å². The second kappa shape index (κ2) is 24.1. The molecule has 0 saturated carbocycles. The predicted octanol–water partition coefficient (Wildman–Crippen LogP) is 0.765. The highest BCUT2D eigenvalue weighted by Gasteiger charge is 2.52. The molecule has 1 aromatic carbocycles. The van der Waals surface area contributed by atoms with Crippen LogP contribution in [-0.2, 0) is 92.0 Å². The van der Waals surface area contributed by atoms with Gasteiger partial charge < -0.3 is 54.2 Å². The quantitative estimate of drug-likeness (QED) is 0.0405. The fourth-order valence-electron chi connectivity index (χ4n) is 9.56. The molecule has 4 atom stereocenters. The van der Waals surface area contributed by atoms with Crippen molar-refractivity contribution in [3.8, 4) is 11.4 Å². The number of aryl methyl sites for hydroxylation is 1. The number of hydrogen-bond donors (Lipinski definition) is 4. The summed E-state index contributed by atoms with van der Waals surface area (Å²) in [6.07, 6.45) is 2.26. The van der Waals surface area contributed by atoms with Crippen LogP contribution in [0.2, 0.25) is 0 Å². The van der Waals surface area contributed by atoms with Crippen LogP contribution >= 0.6 is 0 Å². The van der Waals surface area contributed by atoms with Crippen LogP contribution in [-0.4, -0.2) is 155 Å². The van der Waals surface area contributed by atoms with Crippen LogP contribution in [0.1, 0.15) is 82.1 Å². The number of aliphatic carboxylic acids is 1. The summed E-state index contributed by atoms with van der Waals surface area (Å²) in [5, 5.41) is 18.4. The summed E-state index contributed by atoms with van der Waals surface area (Å²) in [6.45, 7) is 7.40. The van der Waals surface area contributed by atoms with Crippen LogP contribution in [0.5, 0.6) is 0 Å². The van der Waals surface area contributed by atoms with E-state index >= 15 is 0 Å². The molecule has 74 heavy (non-hydrogen) atoms. The molecular weight excluding hydrogens is 967 g/mol. The molecule has 1 saturated heterocycles. The Morgan fingerprint density at radius 1 is 0.892 bits per heavy atom. The van der Waals surface area contributed by atoms with Gasteiger partial charge in [0.2, 0.25) is 29.2 Å². The zero-order valence-corrected chi connectivity index (χ0v) is 41.7. The minimum Gasteiger partial charge on any atom is -0.481 e. The molecule has 4 N–H and O–H groups in total. The van der Waals surface area contributed by atoms with E-state index in [4.69, 9.17) is 28.7 Å². The molecule has 3 aromatic rings. The highest BCUT2D eigenvalue weighted by atomic mass is 16.6. The Hall–Kier alpha value is -7.37. The van der Waals surface area contributed by atoms with Gasteiger partial charge in [0.05, 0.1) is 75.1 Å². The lowest BCUT2D eigenvalue weighted by Crippen LogP contribution is -2.57. The van der Waals surface area contributed by atoms with Crippen molar-refractivity contribution in [2.24, 2.45) is 5.92 Å². The summed E-state index contributed by atoms with van der Waals surface area (Å²) in [5.74, 6) is -7.71. The molecule has 7 rings (SSSR count). The zero-order chi connectivity index (χ0) is 53.3. The fourth-order valence-corrected chi connectivity index (χ4v) is 9.56. The third-order valence-corrected chi connectivity index (χ3v) is 13.4. The molecule has 0 unspecified atom stereocenters. The van der Waals surface area contributed by atoms with Crippen molar-refractivity contribution in [3.05, 3.63) is 75.1 Å². The van der Waals surface area contributed by atoms with E-state index in [-0.39, 0.29) is 103 Å². The standard InChI is InChI=1S/C51H61N7O16/c1-5-30-31-10-7-8-11-35(31)54-45-32(30)26-57-38(45)24-34-33(47(57)66)28-73-50(69)51(34,6-2)74-49(68)44(29(3)4)55-46(65)37-12-9-17-56(37)48(67)36(25-43(63)64)53-39(59)15-18-70-20-22-72-23-21-71-19-16-52-40(60)27-58-41(61)13-14-42(58)62/h7-8,10-11,13-14,24,29,36-37,44H,5-6,9,12,15-23,25-28H2,1-4H3,(H,52,60)(H,53,59)(H,55,65)(H,63,64)/t36-,37-,44-,51-/m0/s1. The summed E-state index contributed by atoms with van der Waals surface area (Å²) in [6, 6.07) is 5.32. The number of carbonyl (C=O) groups is 9. The van der Waals surface area contributed by atoms with Crippen molar-refractivity contribution in [2.45, 2.75) is 103 Å². The number of pyridine rings is 2. The highest BCUT2D eigenvalue weighted by Crippen LogP contribution is 2.42. The number of fused-ring (bicyclic) bond motifs is 5. The molecule has 0 radical (unpaired) electrons. The van der Waals surface area contributed by atoms with E-state index in [0.29, 0.717) is 24.2 Å². The van der Waals surface area contributed by atoms with E-state index in [1.807, 2.05) is 31.2 Å². The first-order valence-corrected chi connectivity index (χ1v) is 24.7. The number of benzene rings is 1. The van der Waals surface area contributed by atoms with E-state index < -0.39 is 95.0 Å². The Labute approximate surface area is 425 Å². The smallest absolute Gasteiger partial charge is 0.355 e. The largest absolute Gasteiger partial charge is 0.481 e. The van der Waals surface area contributed by atoms with Crippen LogP contribution in [0.25, 0.3) is 22.3 Å². The summed E-state index contributed by atoms with van der Waals surface area (Å²) in [4.78, 5) is 137. The van der Waals surface area contributed by atoms with Crippen LogP contribution in [0, 0.1) is 5.92 Å².